The van der Waals surface area contributed by atoms with Crippen molar-refractivity contribution in [1.82, 2.24) is 5.32 Å². The van der Waals surface area contributed by atoms with Gasteiger partial charge >= 0.3 is 12.1 Å². The second-order valence-corrected chi connectivity index (χ2v) is 5.11. The van der Waals surface area contributed by atoms with Gasteiger partial charge in [-0.1, -0.05) is 48.5 Å². The Morgan fingerprint density at radius 1 is 1.08 bits per heavy atom. The number of carbonyl (C=O) groups is 2. The third-order valence-corrected chi connectivity index (χ3v) is 3.42. The molecule has 24 heavy (non-hydrogen) atoms. The molecule has 0 unspecified atom stereocenters. The second-order valence-electron chi connectivity index (χ2n) is 5.11. The van der Waals surface area contributed by atoms with Crippen molar-refractivity contribution >= 4 is 12.1 Å². The lowest BCUT2D eigenvalue weighted by atomic mass is 10.1. The minimum atomic E-state index is -1.14. The van der Waals surface area contributed by atoms with E-state index < -0.39 is 18.1 Å². The van der Waals surface area contributed by atoms with Crippen molar-refractivity contribution in [3.05, 3.63) is 65.7 Å². The maximum absolute atomic E-state index is 11.8. The van der Waals surface area contributed by atoms with Crippen LogP contribution in [0.1, 0.15) is 11.1 Å². The van der Waals surface area contributed by atoms with Crippen LogP contribution in [0.25, 0.3) is 0 Å². The Hall–Kier alpha value is -3.02. The monoisotopic (exact) mass is 329 g/mol. The molecule has 0 saturated carbocycles. The van der Waals surface area contributed by atoms with E-state index in [2.05, 4.69) is 5.32 Å². The van der Waals surface area contributed by atoms with Crippen LogP contribution in [0, 0.1) is 0 Å². The smallest absolute Gasteiger partial charge is 0.408 e. The number of ether oxygens (including phenoxy) is 2. The third kappa shape index (κ3) is 5.01. The van der Waals surface area contributed by atoms with E-state index in [1.165, 1.54) is 7.11 Å². The van der Waals surface area contributed by atoms with Crippen molar-refractivity contribution in [3.63, 3.8) is 0 Å². The predicted molar refractivity (Wildman–Crippen MR) is 87.9 cm³/mol. The summed E-state index contributed by atoms with van der Waals surface area (Å²) in [5.74, 6) is -0.569. The summed E-state index contributed by atoms with van der Waals surface area (Å²) in [6.07, 6.45) is -0.680. The highest BCUT2D eigenvalue weighted by Gasteiger charge is 2.22. The summed E-state index contributed by atoms with van der Waals surface area (Å²) in [5.41, 5.74) is 1.51. The normalized spacial score (nSPS) is 11.4. The zero-order valence-electron chi connectivity index (χ0n) is 13.3. The van der Waals surface area contributed by atoms with Crippen LogP contribution in [0.5, 0.6) is 5.75 Å². The lowest BCUT2D eigenvalue weighted by Crippen LogP contribution is -2.42. The number of hydrogen-bond donors (Lipinski definition) is 2. The van der Waals surface area contributed by atoms with Gasteiger partial charge in [-0.25, -0.2) is 9.59 Å². The SMILES string of the molecule is COc1ccccc1C[C@@H](NC(=O)OCc1ccccc1)C(=O)O. The first-order chi connectivity index (χ1) is 11.6. The standard InChI is InChI=1S/C18H19NO5/c1-23-16-10-6-5-9-14(16)11-15(17(20)21)19-18(22)24-12-13-7-3-2-4-8-13/h2-10,15H,11-12H2,1H3,(H,19,22)(H,20,21)/t15-/m1/s1. The van der Waals surface area contributed by atoms with Crippen molar-refractivity contribution < 1.29 is 24.2 Å². The molecule has 1 atom stereocenters. The molecule has 0 aromatic heterocycles. The van der Waals surface area contributed by atoms with E-state index in [1.54, 1.807) is 24.3 Å². The lowest BCUT2D eigenvalue weighted by molar-refractivity contribution is -0.139. The average molecular weight is 329 g/mol. The molecule has 0 saturated heterocycles. The maximum atomic E-state index is 11.8. The van der Waals surface area contributed by atoms with E-state index in [1.807, 2.05) is 30.3 Å². The quantitative estimate of drug-likeness (QED) is 0.815. The minimum absolute atomic E-state index is 0.0771. The number of methoxy groups -OCH3 is 1. The van der Waals surface area contributed by atoms with Gasteiger partial charge in [0, 0.05) is 6.42 Å². The third-order valence-electron chi connectivity index (χ3n) is 3.42. The molecule has 0 aliphatic rings. The van der Waals surface area contributed by atoms with Crippen LogP contribution < -0.4 is 10.1 Å². The topological polar surface area (TPSA) is 84.9 Å². The number of amides is 1. The van der Waals surface area contributed by atoms with Crippen LogP contribution in [-0.4, -0.2) is 30.3 Å². The van der Waals surface area contributed by atoms with Gasteiger partial charge in [0.05, 0.1) is 7.11 Å². The number of benzene rings is 2. The summed E-state index contributed by atoms with van der Waals surface area (Å²) >= 11 is 0. The van der Waals surface area contributed by atoms with Gasteiger partial charge in [0.15, 0.2) is 0 Å². The van der Waals surface area contributed by atoms with E-state index in [0.717, 1.165) is 5.56 Å². The lowest BCUT2D eigenvalue weighted by Gasteiger charge is -2.16. The molecule has 0 aliphatic carbocycles. The summed E-state index contributed by atoms with van der Waals surface area (Å²) < 4.78 is 10.3. The fourth-order valence-corrected chi connectivity index (χ4v) is 2.20. The Kier molecular flexibility index (Phi) is 6.19. The molecule has 1 amide bonds. The molecule has 2 N–H and O–H groups in total. The van der Waals surface area contributed by atoms with Gasteiger partial charge in [0.25, 0.3) is 0 Å². The highest BCUT2D eigenvalue weighted by molar-refractivity contribution is 5.80. The zero-order chi connectivity index (χ0) is 17.4. The van der Waals surface area contributed by atoms with Gasteiger partial charge in [-0.05, 0) is 17.2 Å². The van der Waals surface area contributed by atoms with Crippen LogP contribution in [0.15, 0.2) is 54.6 Å². The summed E-state index contributed by atoms with van der Waals surface area (Å²) in [7, 11) is 1.51. The van der Waals surface area contributed by atoms with Crippen molar-refractivity contribution in [1.29, 1.82) is 0 Å². The zero-order valence-corrected chi connectivity index (χ0v) is 13.3. The van der Waals surface area contributed by atoms with Gasteiger partial charge < -0.3 is 19.9 Å². The van der Waals surface area contributed by atoms with Gasteiger partial charge in [-0.15, -0.1) is 0 Å². The summed E-state index contributed by atoms with van der Waals surface area (Å²) in [6.45, 7) is 0.0771. The predicted octanol–water partition coefficient (Wildman–Crippen LogP) is 2.62. The molecule has 0 radical (unpaired) electrons. The average Bonchev–Trinajstić information content (AvgIpc) is 2.60. The molecular weight excluding hydrogens is 310 g/mol. The first kappa shape index (κ1) is 17.3. The van der Waals surface area contributed by atoms with Crippen molar-refractivity contribution in [2.24, 2.45) is 0 Å². The molecule has 0 bridgehead atoms. The summed E-state index contributed by atoms with van der Waals surface area (Å²) in [5, 5.41) is 11.7. The van der Waals surface area contributed by atoms with Gasteiger partial charge in [0.1, 0.15) is 18.4 Å². The number of rotatable bonds is 7. The molecule has 0 aliphatic heterocycles. The Morgan fingerprint density at radius 2 is 1.75 bits per heavy atom. The fourth-order valence-electron chi connectivity index (χ4n) is 2.20. The molecule has 2 aromatic carbocycles. The number of nitrogens with one attached hydrogen (secondary N) is 1. The van der Waals surface area contributed by atoms with Gasteiger partial charge in [-0.3, -0.25) is 0 Å². The Morgan fingerprint density at radius 3 is 2.42 bits per heavy atom. The largest absolute Gasteiger partial charge is 0.496 e. The summed E-state index contributed by atoms with van der Waals surface area (Å²) in [6, 6.07) is 15.1. The van der Waals surface area contributed by atoms with E-state index >= 15 is 0 Å². The Balaban J connectivity index is 1.95. The molecular formula is C18H19NO5. The van der Waals surface area contributed by atoms with Crippen LogP contribution in [0.2, 0.25) is 0 Å². The number of carboxylic acid groups (broad SMARTS) is 1. The molecule has 126 valence electrons. The highest BCUT2D eigenvalue weighted by atomic mass is 16.5. The molecule has 6 nitrogen and oxygen atoms in total. The second kappa shape index (κ2) is 8.57. The first-order valence-corrected chi connectivity index (χ1v) is 7.42. The molecule has 0 spiro atoms. The van der Waals surface area contributed by atoms with Crippen LogP contribution in [0.4, 0.5) is 4.79 Å². The number of para-hydroxylation sites is 1. The summed E-state index contributed by atoms with van der Waals surface area (Å²) in [4.78, 5) is 23.3. The van der Waals surface area contributed by atoms with E-state index in [4.69, 9.17) is 9.47 Å². The number of carbonyl (C=O) groups excluding carboxylic acids is 1. The van der Waals surface area contributed by atoms with Crippen LogP contribution in [-0.2, 0) is 22.6 Å². The van der Waals surface area contributed by atoms with Gasteiger partial charge in [0.2, 0.25) is 0 Å². The molecule has 2 aromatic rings. The van der Waals surface area contributed by atoms with Crippen LogP contribution >= 0.6 is 0 Å². The molecule has 2 rings (SSSR count). The van der Waals surface area contributed by atoms with Crippen molar-refractivity contribution in [2.75, 3.05) is 7.11 Å². The molecule has 6 heteroatoms. The number of aliphatic carboxylic acids is 1. The Labute approximate surface area is 140 Å². The highest BCUT2D eigenvalue weighted by Crippen LogP contribution is 2.19. The van der Waals surface area contributed by atoms with Crippen LogP contribution in [0.3, 0.4) is 0 Å². The van der Waals surface area contributed by atoms with Gasteiger partial charge in [-0.2, -0.15) is 0 Å². The first-order valence-electron chi connectivity index (χ1n) is 7.42. The van der Waals surface area contributed by atoms with E-state index in [-0.39, 0.29) is 13.0 Å². The number of carboxylic acids is 1. The number of hydrogen-bond acceptors (Lipinski definition) is 4. The van der Waals surface area contributed by atoms with Crippen molar-refractivity contribution in [2.45, 2.75) is 19.1 Å². The Bertz CT molecular complexity index is 687. The molecule has 0 fully saturated rings. The maximum Gasteiger partial charge on any atom is 0.408 e. The van der Waals surface area contributed by atoms with E-state index in [9.17, 15) is 14.7 Å². The fraction of sp³-hybridized carbons (Fsp3) is 0.222. The minimum Gasteiger partial charge on any atom is -0.496 e. The van der Waals surface area contributed by atoms with Crippen molar-refractivity contribution in [3.8, 4) is 5.75 Å². The van der Waals surface area contributed by atoms with E-state index in [0.29, 0.717) is 11.3 Å². The molecule has 0 heterocycles. The number of alkyl carbamates (subject to hydrolysis) is 1.